The highest BCUT2D eigenvalue weighted by Crippen LogP contribution is 2.00. The number of ether oxygens (including phenoxy) is 1. The number of carbonyl (C=O) groups is 2. The Labute approximate surface area is 189 Å². The van der Waals surface area contributed by atoms with Crippen molar-refractivity contribution in [2.45, 2.75) is 70.8 Å². The van der Waals surface area contributed by atoms with E-state index in [9.17, 15) is 9.59 Å². The van der Waals surface area contributed by atoms with Gasteiger partial charge < -0.3 is 37.5 Å². The third kappa shape index (κ3) is 21.7. The summed E-state index contributed by atoms with van der Waals surface area (Å²) in [7, 11) is 0. The fourth-order valence-corrected chi connectivity index (χ4v) is 2.97. The molecule has 9 nitrogen and oxygen atoms in total. The summed E-state index contributed by atoms with van der Waals surface area (Å²) in [6.07, 6.45) is 8.17. The van der Waals surface area contributed by atoms with Crippen molar-refractivity contribution in [2.75, 3.05) is 59.0 Å². The van der Waals surface area contributed by atoms with E-state index in [1.807, 2.05) is 6.92 Å². The Hall–Kier alpha value is -1.26. The lowest BCUT2D eigenvalue weighted by Crippen LogP contribution is -2.37. The lowest BCUT2D eigenvalue weighted by atomic mass is 10.2. The minimum absolute atomic E-state index is 0.0168. The summed E-state index contributed by atoms with van der Waals surface area (Å²) in [6.45, 7) is 8.12. The molecule has 0 aliphatic rings. The Balaban J connectivity index is 3.81. The molecule has 0 aliphatic heterocycles. The molecule has 0 spiro atoms. The van der Waals surface area contributed by atoms with E-state index in [1.165, 1.54) is 0 Å². The van der Waals surface area contributed by atoms with Crippen LogP contribution >= 0.6 is 0 Å². The van der Waals surface area contributed by atoms with Crippen molar-refractivity contribution in [3.8, 4) is 0 Å². The van der Waals surface area contributed by atoms with Crippen LogP contribution in [0.2, 0.25) is 0 Å². The number of carbonyl (C=O) groups excluding carboxylic acids is 2. The second kappa shape index (κ2) is 23.4. The molecular formula is C22H48N6O3. The Morgan fingerprint density at radius 1 is 0.774 bits per heavy atom. The highest BCUT2D eigenvalue weighted by Gasteiger charge is 2.11. The third-order valence-electron chi connectivity index (χ3n) is 4.81. The van der Waals surface area contributed by atoms with Crippen molar-refractivity contribution in [3.05, 3.63) is 0 Å². The van der Waals surface area contributed by atoms with Gasteiger partial charge in [-0.2, -0.15) is 0 Å². The standard InChI is InChI=1S/C22H48N6O3/c1-2-9-21(29)27-15-5-3-4-6-16-28-22(30)19-31-20(18-26-14-8-12-24)10-17-25-13-7-11-23/h20,25-26H,2-19,23-24H2,1H3,(H,27,29)(H,28,30). The van der Waals surface area contributed by atoms with Gasteiger partial charge in [0.25, 0.3) is 0 Å². The van der Waals surface area contributed by atoms with Crippen molar-refractivity contribution >= 4 is 11.8 Å². The monoisotopic (exact) mass is 444 g/mol. The number of hydrogen-bond acceptors (Lipinski definition) is 7. The van der Waals surface area contributed by atoms with Gasteiger partial charge in [-0.15, -0.1) is 0 Å². The van der Waals surface area contributed by atoms with Crippen LogP contribution in [0.3, 0.4) is 0 Å². The van der Waals surface area contributed by atoms with E-state index in [0.717, 1.165) is 77.5 Å². The molecule has 9 heteroatoms. The molecule has 0 fully saturated rings. The van der Waals surface area contributed by atoms with Gasteiger partial charge in [0.2, 0.25) is 11.8 Å². The highest BCUT2D eigenvalue weighted by atomic mass is 16.5. The van der Waals surface area contributed by atoms with Crippen LogP contribution in [0, 0.1) is 0 Å². The normalized spacial score (nSPS) is 12.0. The predicted octanol–water partition coefficient (Wildman–Crippen LogP) is 0.231. The minimum Gasteiger partial charge on any atom is -0.367 e. The van der Waals surface area contributed by atoms with Crippen molar-refractivity contribution in [1.29, 1.82) is 0 Å². The van der Waals surface area contributed by atoms with Gasteiger partial charge in [0.15, 0.2) is 0 Å². The topological polar surface area (TPSA) is 144 Å². The molecule has 2 amide bonds. The summed E-state index contributed by atoms with van der Waals surface area (Å²) >= 11 is 0. The molecule has 0 aliphatic carbocycles. The van der Waals surface area contributed by atoms with E-state index < -0.39 is 0 Å². The van der Waals surface area contributed by atoms with Gasteiger partial charge in [-0.1, -0.05) is 19.8 Å². The second-order valence-electron chi connectivity index (χ2n) is 7.82. The molecule has 0 aromatic carbocycles. The van der Waals surface area contributed by atoms with Crippen LogP contribution in [-0.2, 0) is 14.3 Å². The van der Waals surface area contributed by atoms with Gasteiger partial charge in [-0.3, -0.25) is 9.59 Å². The Morgan fingerprint density at radius 3 is 2.00 bits per heavy atom. The molecule has 0 rings (SSSR count). The Morgan fingerprint density at radius 2 is 1.39 bits per heavy atom. The maximum absolute atomic E-state index is 12.1. The summed E-state index contributed by atoms with van der Waals surface area (Å²) in [6, 6.07) is 0. The quantitative estimate of drug-likeness (QED) is 0.124. The smallest absolute Gasteiger partial charge is 0.246 e. The second-order valence-corrected chi connectivity index (χ2v) is 7.82. The van der Waals surface area contributed by atoms with Gasteiger partial charge >= 0.3 is 0 Å². The van der Waals surface area contributed by atoms with Gasteiger partial charge in [0.05, 0.1) is 6.10 Å². The molecule has 0 saturated heterocycles. The first-order valence-electron chi connectivity index (χ1n) is 12.1. The lowest BCUT2D eigenvalue weighted by Gasteiger charge is -2.19. The first-order valence-corrected chi connectivity index (χ1v) is 12.1. The first kappa shape index (κ1) is 29.7. The van der Waals surface area contributed by atoms with E-state index in [-0.39, 0.29) is 24.5 Å². The van der Waals surface area contributed by atoms with Crippen LogP contribution in [0.4, 0.5) is 0 Å². The Kier molecular flexibility index (Phi) is 22.5. The zero-order chi connectivity index (χ0) is 23.0. The molecule has 1 unspecified atom stereocenters. The highest BCUT2D eigenvalue weighted by molar-refractivity contribution is 5.77. The molecular weight excluding hydrogens is 396 g/mol. The van der Waals surface area contributed by atoms with Crippen LogP contribution < -0.4 is 32.7 Å². The van der Waals surface area contributed by atoms with Crippen LogP contribution in [0.5, 0.6) is 0 Å². The summed E-state index contributed by atoms with van der Waals surface area (Å²) in [4.78, 5) is 23.4. The van der Waals surface area contributed by atoms with Crippen molar-refractivity contribution in [1.82, 2.24) is 21.3 Å². The molecule has 0 aromatic rings. The summed E-state index contributed by atoms with van der Waals surface area (Å²) in [5.74, 6) is 0.0591. The van der Waals surface area contributed by atoms with E-state index in [4.69, 9.17) is 16.2 Å². The minimum atomic E-state index is -0.0742. The summed E-state index contributed by atoms with van der Waals surface area (Å²) in [5, 5.41) is 12.5. The van der Waals surface area contributed by atoms with Crippen molar-refractivity contribution in [3.63, 3.8) is 0 Å². The van der Waals surface area contributed by atoms with E-state index in [2.05, 4.69) is 21.3 Å². The molecule has 0 radical (unpaired) electrons. The zero-order valence-electron chi connectivity index (χ0n) is 19.7. The van der Waals surface area contributed by atoms with Crippen molar-refractivity contribution < 1.29 is 14.3 Å². The maximum atomic E-state index is 12.1. The lowest BCUT2D eigenvalue weighted by molar-refractivity contribution is -0.127. The summed E-state index contributed by atoms with van der Waals surface area (Å²) in [5.41, 5.74) is 11.0. The number of hydrogen-bond donors (Lipinski definition) is 6. The Bertz CT molecular complexity index is 426. The largest absolute Gasteiger partial charge is 0.367 e. The first-order chi connectivity index (χ1) is 15.1. The zero-order valence-corrected chi connectivity index (χ0v) is 19.7. The summed E-state index contributed by atoms with van der Waals surface area (Å²) < 4.78 is 5.83. The number of nitrogens with one attached hydrogen (secondary N) is 4. The van der Waals surface area contributed by atoms with E-state index in [1.54, 1.807) is 0 Å². The van der Waals surface area contributed by atoms with Gasteiger partial charge in [-0.05, 0) is 71.2 Å². The molecule has 184 valence electrons. The van der Waals surface area contributed by atoms with Crippen LogP contribution in [0.1, 0.15) is 64.7 Å². The van der Waals surface area contributed by atoms with E-state index in [0.29, 0.717) is 32.6 Å². The number of nitrogens with two attached hydrogens (primary N) is 2. The van der Waals surface area contributed by atoms with E-state index >= 15 is 0 Å². The molecule has 0 bridgehead atoms. The number of unbranched alkanes of at least 4 members (excludes halogenated alkanes) is 3. The van der Waals surface area contributed by atoms with Gasteiger partial charge in [-0.25, -0.2) is 0 Å². The van der Waals surface area contributed by atoms with Gasteiger partial charge in [0.1, 0.15) is 6.61 Å². The predicted molar refractivity (Wildman–Crippen MR) is 127 cm³/mol. The molecule has 0 heterocycles. The molecule has 8 N–H and O–H groups in total. The number of amides is 2. The average Bonchev–Trinajstić information content (AvgIpc) is 2.76. The van der Waals surface area contributed by atoms with Gasteiger partial charge in [0, 0.05) is 26.1 Å². The van der Waals surface area contributed by atoms with Crippen LogP contribution in [0.15, 0.2) is 0 Å². The van der Waals surface area contributed by atoms with Crippen molar-refractivity contribution in [2.24, 2.45) is 11.5 Å². The maximum Gasteiger partial charge on any atom is 0.246 e. The third-order valence-corrected chi connectivity index (χ3v) is 4.81. The molecule has 0 aromatic heterocycles. The number of rotatable bonds is 23. The fraction of sp³-hybridized carbons (Fsp3) is 0.909. The molecule has 31 heavy (non-hydrogen) atoms. The molecule has 0 saturated carbocycles. The van der Waals surface area contributed by atoms with Crippen LogP contribution in [0.25, 0.3) is 0 Å². The average molecular weight is 445 g/mol. The molecule has 1 atom stereocenters. The fourth-order valence-electron chi connectivity index (χ4n) is 2.97. The SMILES string of the molecule is CCCC(=O)NCCCCCCNC(=O)COC(CCNCCCN)CNCCCN. The van der Waals surface area contributed by atoms with Crippen LogP contribution in [-0.4, -0.2) is 76.9 Å².